The van der Waals surface area contributed by atoms with Crippen LogP contribution in [0.4, 0.5) is 0 Å². The molecule has 4 heteroatoms. The van der Waals surface area contributed by atoms with Crippen molar-refractivity contribution in [2.45, 2.75) is 18.8 Å². The highest BCUT2D eigenvalue weighted by Gasteiger charge is 2.30. The lowest BCUT2D eigenvalue weighted by molar-refractivity contribution is -0.0576. The van der Waals surface area contributed by atoms with E-state index in [0.29, 0.717) is 13.2 Å². The van der Waals surface area contributed by atoms with Gasteiger partial charge in [-0.2, -0.15) is 0 Å². The molecule has 0 aliphatic carbocycles. The summed E-state index contributed by atoms with van der Waals surface area (Å²) in [4.78, 5) is 2.31. The van der Waals surface area contributed by atoms with E-state index in [0.717, 1.165) is 13.2 Å². The van der Waals surface area contributed by atoms with Crippen molar-refractivity contribution < 1.29 is 9.47 Å². The Labute approximate surface area is 109 Å². The van der Waals surface area contributed by atoms with E-state index in [1.807, 2.05) is 0 Å². The molecule has 0 aromatic heterocycles. The molecule has 2 N–H and O–H groups in total. The summed E-state index contributed by atoms with van der Waals surface area (Å²) in [5.74, 6) is 0. The Kier molecular flexibility index (Phi) is 4.72. The van der Waals surface area contributed by atoms with Gasteiger partial charge in [-0.1, -0.05) is 24.3 Å². The van der Waals surface area contributed by atoms with Crippen molar-refractivity contribution in [1.82, 2.24) is 4.90 Å². The Hall–Kier alpha value is -0.940. The van der Waals surface area contributed by atoms with Crippen molar-refractivity contribution in [3.8, 4) is 0 Å². The highest BCUT2D eigenvalue weighted by Crippen LogP contribution is 2.28. The van der Waals surface area contributed by atoms with Crippen LogP contribution in [0.3, 0.4) is 0 Å². The number of methoxy groups -OCH3 is 1. The Morgan fingerprint density at radius 2 is 2.33 bits per heavy atom. The fourth-order valence-electron chi connectivity index (χ4n) is 2.56. The van der Waals surface area contributed by atoms with Crippen LogP contribution in [-0.4, -0.2) is 44.9 Å². The minimum atomic E-state index is 0.0709. The number of nitrogens with zero attached hydrogens (tertiary/aromatic N) is 1. The predicted molar refractivity (Wildman–Crippen MR) is 71.3 cm³/mol. The molecule has 0 spiro atoms. The summed E-state index contributed by atoms with van der Waals surface area (Å²) < 4.78 is 10.9. The number of hydrogen-bond acceptors (Lipinski definition) is 4. The molecule has 2 unspecified atom stereocenters. The molecule has 1 aromatic carbocycles. The van der Waals surface area contributed by atoms with Crippen LogP contribution in [0.5, 0.6) is 0 Å². The third-order valence-electron chi connectivity index (χ3n) is 3.44. The average Bonchev–Trinajstić information content (AvgIpc) is 2.39. The molecular formula is C14H22N2O2. The quantitative estimate of drug-likeness (QED) is 0.871. The summed E-state index contributed by atoms with van der Waals surface area (Å²) in [6.45, 7) is 2.88. The first-order chi connectivity index (χ1) is 8.76. The number of benzene rings is 1. The van der Waals surface area contributed by atoms with Gasteiger partial charge in [0, 0.05) is 20.2 Å². The van der Waals surface area contributed by atoms with E-state index in [2.05, 4.69) is 36.2 Å². The molecule has 0 bridgehead atoms. The maximum atomic E-state index is 5.81. The van der Waals surface area contributed by atoms with Gasteiger partial charge < -0.3 is 15.2 Å². The summed E-state index contributed by atoms with van der Waals surface area (Å²) in [6, 6.07) is 8.70. The standard InChI is InChI=1S/C14H22N2O2/c1-16-6-7-18-13(9-15)14(16)12-5-3-4-11(8-12)10-17-2/h3-5,8,13-14H,6-7,9-10,15H2,1-2H3. The maximum Gasteiger partial charge on any atom is 0.0894 e. The summed E-state index contributed by atoms with van der Waals surface area (Å²) in [5, 5.41) is 0. The summed E-state index contributed by atoms with van der Waals surface area (Å²) in [5.41, 5.74) is 8.25. The molecule has 0 radical (unpaired) electrons. The molecule has 1 aliphatic heterocycles. The first kappa shape index (κ1) is 13.5. The van der Waals surface area contributed by atoms with Crippen molar-refractivity contribution in [2.75, 3.05) is 33.9 Å². The largest absolute Gasteiger partial charge is 0.380 e. The average molecular weight is 250 g/mol. The van der Waals surface area contributed by atoms with Crippen molar-refractivity contribution >= 4 is 0 Å². The van der Waals surface area contributed by atoms with E-state index in [1.54, 1.807) is 7.11 Å². The van der Waals surface area contributed by atoms with Gasteiger partial charge in [-0.15, -0.1) is 0 Å². The van der Waals surface area contributed by atoms with Crippen LogP contribution in [-0.2, 0) is 16.1 Å². The third-order valence-corrected chi connectivity index (χ3v) is 3.44. The fourth-order valence-corrected chi connectivity index (χ4v) is 2.56. The van der Waals surface area contributed by atoms with Crippen molar-refractivity contribution in [1.29, 1.82) is 0 Å². The van der Waals surface area contributed by atoms with Crippen LogP contribution in [0, 0.1) is 0 Å². The van der Waals surface area contributed by atoms with Crippen LogP contribution in [0.15, 0.2) is 24.3 Å². The summed E-state index contributed by atoms with van der Waals surface area (Å²) in [6.07, 6.45) is 0.0709. The fraction of sp³-hybridized carbons (Fsp3) is 0.571. The van der Waals surface area contributed by atoms with Crippen molar-refractivity contribution in [3.05, 3.63) is 35.4 Å². The van der Waals surface area contributed by atoms with Crippen LogP contribution < -0.4 is 5.73 Å². The number of ether oxygens (including phenoxy) is 2. The molecule has 1 fully saturated rings. The number of nitrogens with two attached hydrogens (primary N) is 1. The lowest BCUT2D eigenvalue weighted by Crippen LogP contribution is -2.46. The Balaban J connectivity index is 2.23. The van der Waals surface area contributed by atoms with Crippen LogP contribution in [0.25, 0.3) is 0 Å². The molecule has 2 atom stereocenters. The van der Waals surface area contributed by atoms with Gasteiger partial charge in [0.1, 0.15) is 0 Å². The van der Waals surface area contributed by atoms with E-state index < -0.39 is 0 Å². The number of rotatable bonds is 4. The topological polar surface area (TPSA) is 47.7 Å². The van der Waals surface area contributed by atoms with Crippen molar-refractivity contribution in [2.24, 2.45) is 5.73 Å². The zero-order chi connectivity index (χ0) is 13.0. The van der Waals surface area contributed by atoms with Crippen LogP contribution in [0.1, 0.15) is 17.2 Å². The van der Waals surface area contributed by atoms with Gasteiger partial charge in [0.25, 0.3) is 0 Å². The second-order valence-electron chi connectivity index (χ2n) is 4.75. The molecule has 2 rings (SSSR count). The smallest absolute Gasteiger partial charge is 0.0894 e. The highest BCUT2D eigenvalue weighted by molar-refractivity contribution is 5.27. The molecule has 100 valence electrons. The lowest BCUT2D eigenvalue weighted by Gasteiger charge is -2.39. The zero-order valence-corrected chi connectivity index (χ0v) is 11.1. The molecule has 1 heterocycles. The Bertz CT molecular complexity index is 384. The molecule has 1 aromatic rings. The molecule has 18 heavy (non-hydrogen) atoms. The number of hydrogen-bond donors (Lipinski definition) is 1. The minimum Gasteiger partial charge on any atom is -0.380 e. The van der Waals surface area contributed by atoms with E-state index in [4.69, 9.17) is 15.2 Å². The second-order valence-corrected chi connectivity index (χ2v) is 4.75. The monoisotopic (exact) mass is 250 g/mol. The zero-order valence-electron chi connectivity index (χ0n) is 11.1. The second kappa shape index (κ2) is 6.29. The van der Waals surface area contributed by atoms with Crippen LogP contribution >= 0.6 is 0 Å². The first-order valence-corrected chi connectivity index (χ1v) is 6.36. The molecule has 1 saturated heterocycles. The van der Waals surface area contributed by atoms with E-state index >= 15 is 0 Å². The molecule has 0 saturated carbocycles. The van der Waals surface area contributed by atoms with Crippen molar-refractivity contribution in [3.63, 3.8) is 0 Å². The molecule has 4 nitrogen and oxygen atoms in total. The number of likely N-dealkylation sites (N-methyl/N-ethyl adjacent to an activating group) is 1. The van der Waals surface area contributed by atoms with Gasteiger partial charge in [-0.3, -0.25) is 4.90 Å². The van der Waals surface area contributed by atoms with Gasteiger partial charge in [-0.05, 0) is 18.2 Å². The van der Waals surface area contributed by atoms with Gasteiger partial charge in [0.2, 0.25) is 0 Å². The minimum absolute atomic E-state index is 0.0709. The predicted octanol–water partition coefficient (Wildman–Crippen LogP) is 1.16. The lowest BCUT2D eigenvalue weighted by atomic mass is 9.97. The Morgan fingerprint density at radius 1 is 1.50 bits per heavy atom. The number of morpholine rings is 1. The maximum absolute atomic E-state index is 5.81. The van der Waals surface area contributed by atoms with Gasteiger partial charge >= 0.3 is 0 Å². The van der Waals surface area contributed by atoms with Gasteiger partial charge in [0.05, 0.1) is 25.4 Å². The Morgan fingerprint density at radius 3 is 3.06 bits per heavy atom. The first-order valence-electron chi connectivity index (χ1n) is 6.36. The van der Waals surface area contributed by atoms with E-state index in [-0.39, 0.29) is 12.1 Å². The molecule has 1 aliphatic rings. The molecular weight excluding hydrogens is 228 g/mol. The normalized spacial score (nSPS) is 25.3. The highest BCUT2D eigenvalue weighted by atomic mass is 16.5. The SMILES string of the molecule is COCc1cccc(C2C(CN)OCCN2C)c1. The van der Waals surface area contributed by atoms with Gasteiger partial charge in [-0.25, -0.2) is 0 Å². The van der Waals surface area contributed by atoms with Crippen LogP contribution in [0.2, 0.25) is 0 Å². The van der Waals surface area contributed by atoms with E-state index in [9.17, 15) is 0 Å². The van der Waals surface area contributed by atoms with E-state index in [1.165, 1.54) is 11.1 Å². The summed E-state index contributed by atoms with van der Waals surface area (Å²) in [7, 11) is 3.84. The summed E-state index contributed by atoms with van der Waals surface area (Å²) >= 11 is 0. The van der Waals surface area contributed by atoms with Gasteiger partial charge in [0.15, 0.2) is 0 Å². The molecule has 0 amide bonds. The third kappa shape index (κ3) is 2.90.